The standard InChI is InChI=1S/C13H13N3O2S.2C2H6/c1-6-3-8(4-9-5-10(17)14-11(6)9)12-7(2)19-13(18)16-15-12;2*1-2/h3-4,7H,5H2,1-2H3,(H,14,17)(H,16,18);2*1-2H3. The van der Waals surface area contributed by atoms with Gasteiger partial charge in [-0.15, -0.1) is 0 Å². The maximum atomic E-state index is 11.4. The van der Waals surface area contributed by atoms with Crippen molar-refractivity contribution in [1.29, 1.82) is 0 Å². The van der Waals surface area contributed by atoms with Crippen LogP contribution in [0.5, 0.6) is 0 Å². The molecule has 23 heavy (non-hydrogen) atoms. The Kier molecular flexibility index (Phi) is 7.29. The number of amides is 2. The number of thioether (sulfide) groups is 1. The SMILES string of the molecule is CC.CC.Cc1cc(C2=NNC(=O)SC2C)cc2c1NC(=O)C2. The molecule has 2 N–H and O–H groups in total. The Morgan fingerprint density at radius 1 is 1.17 bits per heavy atom. The van der Waals surface area contributed by atoms with Crippen LogP contribution in [0.2, 0.25) is 0 Å². The second kappa shape index (κ2) is 8.72. The largest absolute Gasteiger partial charge is 0.325 e. The molecule has 2 aliphatic heterocycles. The fourth-order valence-electron chi connectivity index (χ4n) is 2.42. The van der Waals surface area contributed by atoms with Crippen LogP contribution < -0.4 is 10.7 Å². The third-order valence-corrected chi connectivity index (χ3v) is 4.15. The van der Waals surface area contributed by atoms with Gasteiger partial charge in [0.2, 0.25) is 5.91 Å². The van der Waals surface area contributed by atoms with E-state index in [1.54, 1.807) is 0 Å². The molecule has 0 radical (unpaired) electrons. The molecular formula is C17H25N3O2S. The predicted molar refractivity (Wildman–Crippen MR) is 98.3 cm³/mol. The Hall–Kier alpha value is -1.82. The van der Waals surface area contributed by atoms with E-state index < -0.39 is 0 Å². The first-order chi connectivity index (χ1) is 11.0. The van der Waals surface area contributed by atoms with Gasteiger partial charge in [0.25, 0.3) is 5.24 Å². The van der Waals surface area contributed by atoms with Crippen molar-refractivity contribution >= 4 is 34.3 Å². The maximum Gasteiger partial charge on any atom is 0.299 e. The van der Waals surface area contributed by atoms with Gasteiger partial charge < -0.3 is 5.32 Å². The van der Waals surface area contributed by atoms with Crippen molar-refractivity contribution in [3.63, 3.8) is 0 Å². The molecule has 6 heteroatoms. The van der Waals surface area contributed by atoms with E-state index in [2.05, 4.69) is 15.8 Å². The normalized spacial score (nSPS) is 18.3. The summed E-state index contributed by atoms with van der Waals surface area (Å²) in [5.41, 5.74) is 7.23. The van der Waals surface area contributed by atoms with Gasteiger partial charge in [0.15, 0.2) is 0 Å². The third kappa shape index (κ3) is 4.34. The van der Waals surface area contributed by atoms with Gasteiger partial charge in [0.1, 0.15) is 0 Å². The highest BCUT2D eigenvalue weighted by molar-refractivity contribution is 8.14. The topological polar surface area (TPSA) is 70.6 Å². The van der Waals surface area contributed by atoms with Gasteiger partial charge in [-0.25, -0.2) is 5.43 Å². The van der Waals surface area contributed by atoms with Crippen LogP contribution in [0, 0.1) is 6.92 Å². The average molecular weight is 335 g/mol. The van der Waals surface area contributed by atoms with Crippen molar-refractivity contribution in [2.75, 3.05) is 5.32 Å². The third-order valence-electron chi connectivity index (χ3n) is 3.26. The lowest BCUT2D eigenvalue weighted by molar-refractivity contribution is -0.115. The van der Waals surface area contributed by atoms with Crippen LogP contribution in [-0.2, 0) is 11.2 Å². The van der Waals surface area contributed by atoms with Crippen molar-refractivity contribution in [3.8, 4) is 0 Å². The zero-order valence-electron chi connectivity index (χ0n) is 14.6. The number of hydrogen-bond donors (Lipinski definition) is 2. The molecule has 1 atom stereocenters. The molecule has 2 aliphatic rings. The molecule has 0 spiro atoms. The molecule has 1 aromatic carbocycles. The van der Waals surface area contributed by atoms with Crippen LogP contribution in [0.25, 0.3) is 0 Å². The lowest BCUT2D eigenvalue weighted by Gasteiger charge is -2.19. The summed E-state index contributed by atoms with van der Waals surface area (Å²) in [5.74, 6) is 0.0246. The van der Waals surface area contributed by atoms with Gasteiger partial charge in [0, 0.05) is 5.69 Å². The summed E-state index contributed by atoms with van der Waals surface area (Å²) >= 11 is 1.22. The molecule has 2 amide bonds. The van der Waals surface area contributed by atoms with Crippen LogP contribution in [0.15, 0.2) is 17.2 Å². The second-order valence-corrected chi connectivity index (χ2v) is 6.02. The van der Waals surface area contributed by atoms with Gasteiger partial charge in [0.05, 0.1) is 17.4 Å². The van der Waals surface area contributed by atoms with E-state index in [1.165, 1.54) is 11.8 Å². The van der Waals surface area contributed by atoms with E-state index in [1.807, 2.05) is 53.7 Å². The summed E-state index contributed by atoms with van der Waals surface area (Å²) in [6.45, 7) is 11.9. The number of nitrogens with one attached hydrogen (secondary N) is 2. The monoisotopic (exact) mass is 335 g/mol. The van der Waals surface area contributed by atoms with Gasteiger partial charge in [-0.2, -0.15) is 5.10 Å². The second-order valence-electron chi connectivity index (χ2n) is 4.71. The Morgan fingerprint density at radius 3 is 2.43 bits per heavy atom. The molecule has 0 aliphatic carbocycles. The van der Waals surface area contributed by atoms with Crippen molar-refractivity contribution in [1.82, 2.24) is 5.43 Å². The lowest BCUT2D eigenvalue weighted by Crippen LogP contribution is -2.29. The molecule has 0 bridgehead atoms. The van der Waals surface area contributed by atoms with E-state index in [0.717, 1.165) is 28.1 Å². The quantitative estimate of drug-likeness (QED) is 0.812. The molecular weight excluding hydrogens is 310 g/mol. The van der Waals surface area contributed by atoms with Crippen molar-refractivity contribution < 1.29 is 9.59 Å². The Balaban J connectivity index is 0.000000615. The van der Waals surface area contributed by atoms with E-state index in [9.17, 15) is 9.59 Å². The minimum absolute atomic E-state index is 0.0104. The molecule has 1 unspecified atom stereocenters. The zero-order chi connectivity index (χ0) is 17.6. The summed E-state index contributed by atoms with van der Waals surface area (Å²) in [7, 11) is 0. The van der Waals surface area contributed by atoms with Gasteiger partial charge in [-0.3, -0.25) is 9.59 Å². The van der Waals surface area contributed by atoms with Crippen LogP contribution in [0.1, 0.15) is 51.3 Å². The number of rotatable bonds is 1. The average Bonchev–Trinajstić information content (AvgIpc) is 2.92. The Bertz CT molecular complexity index is 627. The Labute approximate surface area is 142 Å². The first-order valence-corrected chi connectivity index (χ1v) is 8.90. The summed E-state index contributed by atoms with van der Waals surface area (Å²) in [4.78, 5) is 22.7. The number of fused-ring (bicyclic) bond motifs is 1. The number of benzene rings is 1. The number of carbonyl (C=O) groups is 2. The fourth-order valence-corrected chi connectivity index (χ4v) is 3.14. The number of carbonyl (C=O) groups excluding carboxylic acids is 2. The molecule has 1 aromatic rings. The molecule has 0 saturated heterocycles. The van der Waals surface area contributed by atoms with E-state index in [-0.39, 0.29) is 16.4 Å². The van der Waals surface area contributed by atoms with E-state index in [4.69, 9.17) is 0 Å². The molecule has 0 saturated carbocycles. The fraction of sp³-hybridized carbons (Fsp3) is 0.471. The van der Waals surface area contributed by atoms with Crippen molar-refractivity contribution in [2.24, 2.45) is 5.10 Å². The first kappa shape index (κ1) is 19.2. The maximum absolute atomic E-state index is 11.4. The summed E-state index contributed by atoms with van der Waals surface area (Å²) < 4.78 is 0. The smallest absolute Gasteiger partial charge is 0.299 e. The van der Waals surface area contributed by atoms with Gasteiger partial charge >= 0.3 is 0 Å². The number of nitrogens with zero attached hydrogens (tertiary/aromatic N) is 1. The molecule has 126 valence electrons. The molecule has 2 heterocycles. The van der Waals surface area contributed by atoms with Crippen molar-refractivity contribution in [3.05, 3.63) is 28.8 Å². The number of hydrogen-bond acceptors (Lipinski definition) is 4. The zero-order valence-corrected chi connectivity index (χ0v) is 15.4. The first-order valence-electron chi connectivity index (χ1n) is 8.02. The Morgan fingerprint density at radius 2 is 1.83 bits per heavy atom. The minimum atomic E-state index is -0.133. The summed E-state index contributed by atoms with van der Waals surface area (Å²) in [5, 5.41) is 6.88. The molecule has 3 rings (SSSR count). The summed E-state index contributed by atoms with van der Waals surface area (Å²) in [6.07, 6.45) is 0.408. The highest BCUT2D eigenvalue weighted by atomic mass is 32.2. The van der Waals surface area contributed by atoms with Crippen LogP contribution in [0.3, 0.4) is 0 Å². The van der Waals surface area contributed by atoms with Gasteiger partial charge in [-0.05, 0) is 42.7 Å². The number of hydrazone groups is 1. The van der Waals surface area contributed by atoms with Crippen LogP contribution in [-0.4, -0.2) is 22.1 Å². The number of anilines is 1. The van der Waals surface area contributed by atoms with Crippen molar-refractivity contribution in [2.45, 2.75) is 53.2 Å². The molecule has 0 fully saturated rings. The van der Waals surface area contributed by atoms with Crippen LogP contribution in [0.4, 0.5) is 10.5 Å². The molecule has 5 nitrogen and oxygen atoms in total. The predicted octanol–water partition coefficient (Wildman–Crippen LogP) is 4.09. The van der Waals surface area contributed by atoms with E-state index in [0.29, 0.717) is 6.42 Å². The highest BCUT2D eigenvalue weighted by Crippen LogP contribution is 2.30. The van der Waals surface area contributed by atoms with Crippen LogP contribution >= 0.6 is 11.8 Å². The summed E-state index contributed by atoms with van der Waals surface area (Å²) in [6, 6.07) is 3.98. The minimum Gasteiger partial charge on any atom is -0.325 e. The number of aryl methyl sites for hydroxylation is 1. The lowest BCUT2D eigenvalue weighted by atomic mass is 9.99. The van der Waals surface area contributed by atoms with E-state index >= 15 is 0 Å². The van der Waals surface area contributed by atoms with Gasteiger partial charge in [-0.1, -0.05) is 39.5 Å². The molecule has 0 aromatic heterocycles. The highest BCUT2D eigenvalue weighted by Gasteiger charge is 2.26.